The van der Waals surface area contributed by atoms with Crippen molar-refractivity contribution in [3.63, 3.8) is 0 Å². The number of halogens is 2. The molecule has 3 N–H and O–H groups in total. The van der Waals surface area contributed by atoms with Gasteiger partial charge in [0.15, 0.2) is 0 Å². The first-order chi connectivity index (χ1) is 9.28. The zero-order valence-electron chi connectivity index (χ0n) is 11.7. The first-order valence-corrected chi connectivity index (χ1v) is 7.93. The lowest BCUT2D eigenvalue weighted by Gasteiger charge is -2.29. The molecule has 0 unspecified atom stereocenters. The number of thiocarbonyl (C=S) groups is 1. The molecule has 0 aliphatic rings. The van der Waals surface area contributed by atoms with Crippen LogP contribution in [0.1, 0.15) is 32.3 Å². The van der Waals surface area contributed by atoms with E-state index in [0.717, 1.165) is 10.0 Å². The highest BCUT2D eigenvalue weighted by Crippen LogP contribution is 2.33. The zero-order valence-corrected chi connectivity index (χ0v) is 14.9. The zero-order chi connectivity index (χ0) is 15.5. The van der Waals surface area contributed by atoms with Gasteiger partial charge in [0, 0.05) is 9.50 Å². The van der Waals surface area contributed by atoms with Gasteiger partial charge in [-0.25, -0.2) is 0 Å². The monoisotopic (exact) mass is 376 g/mol. The van der Waals surface area contributed by atoms with Gasteiger partial charge in [-0.1, -0.05) is 37.7 Å². The van der Waals surface area contributed by atoms with Crippen LogP contribution in [0.4, 0.5) is 5.69 Å². The van der Waals surface area contributed by atoms with E-state index in [1.807, 2.05) is 26.8 Å². The molecule has 0 atom stereocenters. The maximum absolute atomic E-state index is 12.5. The van der Waals surface area contributed by atoms with Crippen LogP contribution in [0.5, 0.6) is 0 Å². The second kappa shape index (κ2) is 6.87. The van der Waals surface area contributed by atoms with Crippen molar-refractivity contribution >= 4 is 56.3 Å². The summed E-state index contributed by atoms with van der Waals surface area (Å²) in [5.74, 6) is -0.199. The van der Waals surface area contributed by atoms with Gasteiger partial charge in [-0.05, 0) is 53.4 Å². The van der Waals surface area contributed by atoms with Crippen molar-refractivity contribution in [3.8, 4) is 0 Å². The number of carbonyl (C=O) groups is 1. The maximum atomic E-state index is 12.5. The van der Waals surface area contributed by atoms with E-state index in [9.17, 15) is 4.79 Å². The largest absolute Gasteiger partial charge is 0.392 e. The summed E-state index contributed by atoms with van der Waals surface area (Å²) < 4.78 is 0.775. The van der Waals surface area contributed by atoms with Crippen molar-refractivity contribution in [2.75, 3.05) is 5.32 Å². The third-order valence-electron chi connectivity index (χ3n) is 3.61. The maximum Gasteiger partial charge on any atom is 0.237 e. The van der Waals surface area contributed by atoms with Gasteiger partial charge < -0.3 is 11.1 Å². The molecular weight excluding hydrogens is 360 g/mol. The standard InChI is InChI=1S/C14H18BrClN2OS/c1-4-14(5-2,12(17)20)13(19)18-11-7-10(16)8(3)6-9(11)15/h6-7H,4-5H2,1-3H3,(H2,17,20)(H,18,19). The summed E-state index contributed by atoms with van der Waals surface area (Å²) in [5, 5.41) is 3.46. The van der Waals surface area contributed by atoms with Crippen molar-refractivity contribution in [2.45, 2.75) is 33.6 Å². The van der Waals surface area contributed by atoms with E-state index in [4.69, 9.17) is 29.6 Å². The molecule has 1 aromatic carbocycles. The van der Waals surface area contributed by atoms with Crippen LogP contribution in [-0.4, -0.2) is 10.9 Å². The Morgan fingerprint density at radius 1 is 1.45 bits per heavy atom. The number of aryl methyl sites for hydroxylation is 1. The van der Waals surface area contributed by atoms with Crippen molar-refractivity contribution in [3.05, 3.63) is 27.2 Å². The van der Waals surface area contributed by atoms with Crippen molar-refractivity contribution in [1.82, 2.24) is 0 Å². The van der Waals surface area contributed by atoms with Gasteiger partial charge >= 0.3 is 0 Å². The van der Waals surface area contributed by atoms with Crippen molar-refractivity contribution in [2.24, 2.45) is 11.1 Å². The molecule has 0 heterocycles. The summed E-state index contributed by atoms with van der Waals surface area (Å²) in [4.78, 5) is 12.8. The molecule has 1 rings (SSSR count). The molecular formula is C14H18BrClN2OS. The van der Waals surface area contributed by atoms with Crippen LogP contribution in [0, 0.1) is 12.3 Å². The van der Waals surface area contributed by atoms with E-state index < -0.39 is 5.41 Å². The summed E-state index contributed by atoms with van der Waals surface area (Å²) in [6.45, 7) is 5.70. The van der Waals surface area contributed by atoms with E-state index >= 15 is 0 Å². The molecule has 0 fully saturated rings. The van der Waals surface area contributed by atoms with E-state index in [-0.39, 0.29) is 10.9 Å². The lowest BCUT2D eigenvalue weighted by molar-refractivity contribution is -0.122. The van der Waals surface area contributed by atoms with Crippen LogP contribution in [0.2, 0.25) is 5.02 Å². The van der Waals surface area contributed by atoms with Crippen LogP contribution >= 0.6 is 39.7 Å². The number of hydrogen-bond donors (Lipinski definition) is 2. The Hall–Kier alpha value is -0.650. The lowest BCUT2D eigenvalue weighted by atomic mass is 9.81. The smallest absolute Gasteiger partial charge is 0.237 e. The molecule has 0 aliphatic heterocycles. The minimum absolute atomic E-state index is 0.199. The van der Waals surface area contributed by atoms with Gasteiger partial charge in [0.1, 0.15) is 0 Å². The minimum Gasteiger partial charge on any atom is -0.392 e. The number of rotatable bonds is 5. The molecule has 0 saturated carbocycles. The lowest BCUT2D eigenvalue weighted by Crippen LogP contribution is -2.45. The Morgan fingerprint density at radius 3 is 2.45 bits per heavy atom. The molecule has 0 radical (unpaired) electrons. The highest BCUT2D eigenvalue weighted by molar-refractivity contribution is 9.10. The molecule has 6 heteroatoms. The normalized spacial score (nSPS) is 11.2. The van der Waals surface area contributed by atoms with Crippen LogP contribution < -0.4 is 11.1 Å². The van der Waals surface area contributed by atoms with E-state index in [1.54, 1.807) is 6.07 Å². The molecule has 0 aliphatic carbocycles. The van der Waals surface area contributed by atoms with Gasteiger partial charge in [-0.15, -0.1) is 0 Å². The van der Waals surface area contributed by atoms with Crippen LogP contribution in [0.15, 0.2) is 16.6 Å². The van der Waals surface area contributed by atoms with Crippen LogP contribution in [-0.2, 0) is 4.79 Å². The average Bonchev–Trinajstić information content (AvgIpc) is 2.37. The van der Waals surface area contributed by atoms with Gasteiger partial charge in [0.25, 0.3) is 0 Å². The fourth-order valence-corrected chi connectivity index (χ4v) is 3.12. The highest BCUT2D eigenvalue weighted by Gasteiger charge is 2.38. The van der Waals surface area contributed by atoms with E-state index in [2.05, 4.69) is 21.2 Å². The Kier molecular flexibility index (Phi) is 5.98. The number of benzene rings is 1. The number of nitrogens with two attached hydrogens (primary N) is 1. The predicted octanol–water partition coefficient (Wildman–Crippen LogP) is 4.44. The SMILES string of the molecule is CCC(CC)(C(=O)Nc1cc(Cl)c(C)cc1Br)C(N)=S. The number of hydrogen-bond acceptors (Lipinski definition) is 2. The Balaban J connectivity index is 3.12. The highest BCUT2D eigenvalue weighted by atomic mass is 79.9. The Labute approximate surface area is 138 Å². The number of nitrogens with one attached hydrogen (secondary N) is 1. The third-order valence-corrected chi connectivity index (χ3v) is 5.06. The summed E-state index contributed by atoms with van der Waals surface area (Å²) in [6, 6.07) is 3.58. The Bertz CT molecular complexity index is 544. The van der Waals surface area contributed by atoms with Crippen LogP contribution in [0.3, 0.4) is 0 Å². The number of anilines is 1. The fraction of sp³-hybridized carbons (Fsp3) is 0.429. The molecule has 0 bridgehead atoms. The second-order valence-electron chi connectivity index (χ2n) is 4.69. The van der Waals surface area contributed by atoms with E-state index in [1.165, 1.54) is 0 Å². The minimum atomic E-state index is -0.827. The molecule has 1 aromatic rings. The first kappa shape index (κ1) is 17.4. The fourth-order valence-electron chi connectivity index (χ4n) is 2.02. The van der Waals surface area contributed by atoms with Gasteiger partial charge in [0.05, 0.1) is 16.1 Å². The van der Waals surface area contributed by atoms with Crippen molar-refractivity contribution in [1.29, 1.82) is 0 Å². The molecule has 0 aromatic heterocycles. The summed E-state index contributed by atoms with van der Waals surface area (Å²) >= 11 is 14.6. The quantitative estimate of drug-likeness (QED) is 0.746. The molecule has 110 valence electrons. The predicted molar refractivity (Wildman–Crippen MR) is 92.3 cm³/mol. The first-order valence-electron chi connectivity index (χ1n) is 6.35. The van der Waals surface area contributed by atoms with Gasteiger partial charge in [-0.3, -0.25) is 4.79 Å². The van der Waals surface area contributed by atoms with E-state index in [0.29, 0.717) is 23.6 Å². The Morgan fingerprint density at radius 2 is 2.00 bits per heavy atom. The van der Waals surface area contributed by atoms with Crippen LogP contribution in [0.25, 0.3) is 0 Å². The topological polar surface area (TPSA) is 55.1 Å². The summed E-state index contributed by atoms with van der Waals surface area (Å²) in [7, 11) is 0. The third kappa shape index (κ3) is 3.32. The van der Waals surface area contributed by atoms with Gasteiger partial charge in [-0.2, -0.15) is 0 Å². The number of carbonyl (C=O) groups excluding carboxylic acids is 1. The molecule has 1 amide bonds. The van der Waals surface area contributed by atoms with Crippen molar-refractivity contribution < 1.29 is 4.79 Å². The summed E-state index contributed by atoms with van der Waals surface area (Å²) in [5.41, 5.74) is 6.50. The number of amides is 1. The molecule has 0 spiro atoms. The molecule has 3 nitrogen and oxygen atoms in total. The molecule has 20 heavy (non-hydrogen) atoms. The molecule has 0 saturated heterocycles. The average molecular weight is 378 g/mol. The second-order valence-corrected chi connectivity index (χ2v) is 6.39. The van der Waals surface area contributed by atoms with Gasteiger partial charge in [0.2, 0.25) is 5.91 Å². The summed E-state index contributed by atoms with van der Waals surface area (Å²) in [6.07, 6.45) is 1.11.